The number of amides is 1. The minimum absolute atomic E-state index is 0.0533. The van der Waals surface area contributed by atoms with Crippen LogP contribution in [0.3, 0.4) is 0 Å². The monoisotopic (exact) mass is 364 g/mol. The first-order chi connectivity index (χ1) is 12.7. The molecule has 1 aliphatic rings. The Morgan fingerprint density at radius 3 is 2.69 bits per heavy atom. The number of aromatic nitrogens is 3. The van der Waals surface area contributed by atoms with Gasteiger partial charge in [0.1, 0.15) is 0 Å². The smallest absolute Gasteiger partial charge is 0.230 e. The van der Waals surface area contributed by atoms with E-state index in [4.69, 9.17) is 0 Å². The van der Waals surface area contributed by atoms with E-state index in [1.807, 2.05) is 47.0 Å². The zero-order valence-electron chi connectivity index (χ0n) is 14.6. The largest absolute Gasteiger partial charge is 0.353 e. The lowest BCUT2D eigenvalue weighted by Gasteiger charge is -2.11. The van der Waals surface area contributed by atoms with E-state index in [1.54, 1.807) is 0 Å². The van der Waals surface area contributed by atoms with Crippen LogP contribution in [0.1, 0.15) is 18.4 Å². The predicted molar refractivity (Wildman–Crippen MR) is 103 cm³/mol. The third-order valence-electron chi connectivity index (χ3n) is 4.20. The van der Waals surface area contributed by atoms with Crippen molar-refractivity contribution in [2.24, 2.45) is 0 Å². The van der Waals surface area contributed by atoms with Crippen molar-refractivity contribution in [1.82, 2.24) is 20.1 Å². The molecule has 1 saturated carbocycles. The maximum Gasteiger partial charge on any atom is 0.230 e. The quantitative estimate of drug-likeness (QED) is 0.679. The molecule has 1 N–H and O–H groups in total. The Labute approximate surface area is 156 Å². The lowest BCUT2D eigenvalue weighted by Crippen LogP contribution is -2.27. The summed E-state index contributed by atoms with van der Waals surface area (Å²) in [4.78, 5) is 12.1. The van der Waals surface area contributed by atoms with Gasteiger partial charge in [0, 0.05) is 17.3 Å². The molecule has 2 aromatic carbocycles. The lowest BCUT2D eigenvalue weighted by molar-refractivity contribution is -0.118. The summed E-state index contributed by atoms with van der Waals surface area (Å²) in [5, 5.41) is 12.5. The van der Waals surface area contributed by atoms with E-state index >= 15 is 0 Å². The number of carbonyl (C=O) groups is 1. The minimum Gasteiger partial charge on any atom is -0.353 e. The number of rotatable bonds is 6. The second-order valence-electron chi connectivity index (χ2n) is 6.48. The van der Waals surface area contributed by atoms with Crippen molar-refractivity contribution < 1.29 is 4.79 Å². The second kappa shape index (κ2) is 7.33. The van der Waals surface area contributed by atoms with E-state index in [2.05, 4.69) is 34.6 Å². The molecule has 1 aliphatic carbocycles. The molecule has 4 rings (SSSR count). The minimum atomic E-state index is 0.0533. The molecule has 0 radical (unpaired) electrons. The third-order valence-corrected chi connectivity index (χ3v) is 5.13. The first-order valence-electron chi connectivity index (χ1n) is 8.71. The highest BCUT2D eigenvalue weighted by atomic mass is 32.2. The summed E-state index contributed by atoms with van der Waals surface area (Å²) in [5.41, 5.74) is 3.16. The topological polar surface area (TPSA) is 59.8 Å². The van der Waals surface area contributed by atoms with Crippen LogP contribution in [-0.2, 0) is 4.79 Å². The van der Waals surface area contributed by atoms with Crippen molar-refractivity contribution in [2.75, 3.05) is 5.75 Å². The first-order valence-corrected chi connectivity index (χ1v) is 9.69. The van der Waals surface area contributed by atoms with Crippen LogP contribution in [0.2, 0.25) is 0 Å². The molecule has 26 heavy (non-hydrogen) atoms. The lowest BCUT2D eigenvalue weighted by atomic mass is 10.2. The molecule has 132 valence electrons. The number of hydrogen-bond donors (Lipinski definition) is 1. The fourth-order valence-corrected chi connectivity index (χ4v) is 3.53. The van der Waals surface area contributed by atoms with Crippen LogP contribution in [0.15, 0.2) is 59.8 Å². The van der Waals surface area contributed by atoms with Gasteiger partial charge >= 0.3 is 0 Å². The van der Waals surface area contributed by atoms with Gasteiger partial charge < -0.3 is 5.32 Å². The molecular formula is C20H20N4OS. The standard InChI is InChI=1S/C20H20N4OS/c1-14-6-5-9-17(12-14)24-19(15-7-3-2-4-8-15)22-23-20(24)26-13-18(25)21-16-10-11-16/h2-9,12,16H,10-11,13H2,1H3,(H,21,25). The number of nitrogens with one attached hydrogen (secondary N) is 1. The average molecular weight is 364 g/mol. The number of carbonyl (C=O) groups excluding carboxylic acids is 1. The Balaban J connectivity index is 1.67. The summed E-state index contributed by atoms with van der Waals surface area (Å²) in [7, 11) is 0. The van der Waals surface area contributed by atoms with Gasteiger partial charge in [0.2, 0.25) is 5.91 Å². The predicted octanol–water partition coefficient (Wildman–Crippen LogP) is 3.61. The highest BCUT2D eigenvalue weighted by Gasteiger charge is 2.24. The summed E-state index contributed by atoms with van der Waals surface area (Å²) in [6.45, 7) is 2.06. The van der Waals surface area contributed by atoms with Crippen LogP contribution < -0.4 is 5.32 Å². The van der Waals surface area contributed by atoms with Crippen LogP contribution in [0.5, 0.6) is 0 Å². The van der Waals surface area contributed by atoms with Crippen molar-refractivity contribution in [3.8, 4) is 17.1 Å². The first kappa shape index (κ1) is 16.8. The number of nitrogens with zero attached hydrogens (tertiary/aromatic N) is 3. The van der Waals surface area contributed by atoms with Crippen molar-refractivity contribution in [3.63, 3.8) is 0 Å². The molecule has 0 saturated heterocycles. The third kappa shape index (κ3) is 3.80. The van der Waals surface area contributed by atoms with Gasteiger partial charge in [-0.15, -0.1) is 10.2 Å². The number of benzene rings is 2. The number of thioether (sulfide) groups is 1. The SMILES string of the molecule is Cc1cccc(-n2c(SCC(=O)NC3CC3)nnc2-c2ccccc2)c1. The molecule has 1 aromatic heterocycles. The molecule has 0 spiro atoms. The van der Waals surface area contributed by atoms with Gasteiger partial charge in [-0.25, -0.2) is 0 Å². The van der Waals surface area contributed by atoms with Crippen molar-refractivity contribution in [2.45, 2.75) is 31.0 Å². The van der Waals surface area contributed by atoms with Crippen LogP contribution in [-0.4, -0.2) is 32.5 Å². The zero-order chi connectivity index (χ0) is 17.9. The molecule has 5 nitrogen and oxygen atoms in total. The summed E-state index contributed by atoms with van der Waals surface area (Å²) >= 11 is 1.42. The fraction of sp³-hybridized carbons (Fsp3) is 0.250. The maximum absolute atomic E-state index is 12.1. The molecule has 3 aromatic rings. The van der Waals surface area contributed by atoms with Gasteiger partial charge in [0.05, 0.1) is 5.75 Å². The van der Waals surface area contributed by atoms with Crippen LogP contribution in [0.25, 0.3) is 17.1 Å². The van der Waals surface area contributed by atoms with Gasteiger partial charge in [-0.3, -0.25) is 9.36 Å². The van der Waals surface area contributed by atoms with Crippen molar-refractivity contribution in [1.29, 1.82) is 0 Å². The average Bonchev–Trinajstić information content (AvgIpc) is 3.36. The second-order valence-corrected chi connectivity index (χ2v) is 7.42. The highest BCUT2D eigenvalue weighted by molar-refractivity contribution is 7.99. The van der Waals surface area contributed by atoms with E-state index in [0.717, 1.165) is 40.6 Å². The molecule has 0 atom stereocenters. The van der Waals surface area contributed by atoms with Crippen LogP contribution in [0, 0.1) is 6.92 Å². The maximum atomic E-state index is 12.1. The molecule has 6 heteroatoms. The summed E-state index contributed by atoms with van der Waals surface area (Å²) in [6.07, 6.45) is 2.18. The van der Waals surface area contributed by atoms with Gasteiger partial charge in [-0.2, -0.15) is 0 Å². The Hall–Kier alpha value is -2.60. The van der Waals surface area contributed by atoms with Crippen molar-refractivity contribution >= 4 is 17.7 Å². The molecule has 0 bridgehead atoms. The normalized spacial score (nSPS) is 13.6. The highest BCUT2D eigenvalue weighted by Crippen LogP contribution is 2.28. The summed E-state index contributed by atoms with van der Waals surface area (Å²) in [5.74, 6) is 1.17. The number of hydrogen-bond acceptors (Lipinski definition) is 4. The zero-order valence-corrected chi connectivity index (χ0v) is 15.4. The van der Waals surface area contributed by atoms with E-state index < -0.39 is 0 Å². The van der Waals surface area contributed by atoms with Crippen LogP contribution >= 0.6 is 11.8 Å². The van der Waals surface area contributed by atoms with E-state index in [9.17, 15) is 4.79 Å². The molecule has 0 aliphatic heterocycles. The van der Waals surface area contributed by atoms with Gasteiger partial charge in [0.15, 0.2) is 11.0 Å². The van der Waals surface area contributed by atoms with E-state index in [-0.39, 0.29) is 5.91 Å². The molecular weight excluding hydrogens is 344 g/mol. The van der Waals surface area contributed by atoms with Crippen LogP contribution in [0.4, 0.5) is 0 Å². The van der Waals surface area contributed by atoms with Gasteiger partial charge in [-0.1, -0.05) is 54.2 Å². The fourth-order valence-electron chi connectivity index (χ4n) is 2.76. The molecule has 1 fully saturated rings. The van der Waals surface area contributed by atoms with Gasteiger partial charge in [-0.05, 0) is 37.5 Å². The Bertz CT molecular complexity index is 919. The Morgan fingerprint density at radius 2 is 1.96 bits per heavy atom. The van der Waals surface area contributed by atoms with Gasteiger partial charge in [0.25, 0.3) is 0 Å². The van der Waals surface area contributed by atoms with E-state index in [1.165, 1.54) is 11.8 Å². The Morgan fingerprint density at radius 1 is 1.15 bits per heavy atom. The molecule has 0 unspecified atom stereocenters. The molecule has 1 heterocycles. The number of aryl methyl sites for hydroxylation is 1. The summed E-state index contributed by atoms with van der Waals surface area (Å²) in [6, 6.07) is 18.6. The molecule has 1 amide bonds. The Kier molecular flexibility index (Phi) is 4.75. The summed E-state index contributed by atoms with van der Waals surface area (Å²) < 4.78 is 2.03. The van der Waals surface area contributed by atoms with Crippen molar-refractivity contribution in [3.05, 3.63) is 60.2 Å². The van der Waals surface area contributed by atoms with E-state index in [0.29, 0.717) is 11.8 Å².